The van der Waals surface area contributed by atoms with Gasteiger partial charge in [-0.15, -0.1) is 11.3 Å². The second-order valence-corrected chi connectivity index (χ2v) is 5.94. The number of carbonyl (C=O) groups is 1. The summed E-state index contributed by atoms with van der Waals surface area (Å²) in [5.41, 5.74) is 13.1. The predicted molar refractivity (Wildman–Crippen MR) is 79.9 cm³/mol. The number of nitrogens with one attached hydrogen (secondary N) is 1. The third kappa shape index (κ3) is 2.49. The van der Waals surface area contributed by atoms with Crippen molar-refractivity contribution >= 4 is 27.9 Å². The second-order valence-electron chi connectivity index (χ2n) is 4.92. The van der Waals surface area contributed by atoms with Crippen LogP contribution < -0.4 is 16.8 Å². The van der Waals surface area contributed by atoms with Crippen molar-refractivity contribution in [1.82, 2.24) is 9.78 Å². The molecule has 5 N–H and O–H groups in total. The van der Waals surface area contributed by atoms with Crippen LogP contribution in [0, 0.1) is 0 Å². The molecule has 20 heavy (non-hydrogen) atoms. The number of carbonyl (C=O) groups excluding carboxylic acids is 1. The van der Waals surface area contributed by atoms with E-state index >= 15 is 0 Å². The SMILES string of the molecule is NC(=O)c1sc(NCCn2cccn2)c(C2CC2)c1N. The van der Waals surface area contributed by atoms with Gasteiger partial charge in [-0.3, -0.25) is 9.48 Å². The number of hydrogen-bond acceptors (Lipinski definition) is 5. The van der Waals surface area contributed by atoms with E-state index in [1.807, 2.05) is 16.9 Å². The lowest BCUT2D eigenvalue weighted by Gasteiger charge is -2.07. The molecule has 2 heterocycles. The minimum Gasteiger partial charge on any atom is -0.397 e. The molecule has 3 rings (SSSR count). The van der Waals surface area contributed by atoms with E-state index in [0.29, 0.717) is 16.5 Å². The van der Waals surface area contributed by atoms with Gasteiger partial charge in [0.25, 0.3) is 5.91 Å². The molecule has 0 aromatic carbocycles. The monoisotopic (exact) mass is 291 g/mol. The van der Waals surface area contributed by atoms with E-state index in [4.69, 9.17) is 11.5 Å². The van der Waals surface area contributed by atoms with Crippen LogP contribution in [0.5, 0.6) is 0 Å². The van der Waals surface area contributed by atoms with E-state index in [0.717, 1.165) is 36.5 Å². The Labute approximate surface area is 120 Å². The highest BCUT2D eigenvalue weighted by Gasteiger charge is 2.32. The molecule has 1 amide bonds. The summed E-state index contributed by atoms with van der Waals surface area (Å²) < 4.78 is 1.86. The lowest BCUT2D eigenvalue weighted by Crippen LogP contribution is -2.11. The number of hydrogen-bond donors (Lipinski definition) is 3. The van der Waals surface area contributed by atoms with Crippen LogP contribution in [0.25, 0.3) is 0 Å². The second kappa shape index (κ2) is 5.16. The minimum absolute atomic E-state index is 0.450. The molecule has 0 spiro atoms. The van der Waals surface area contributed by atoms with Gasteiger partial charge in [-0.25, -0.2) is 0 Å². The minimum atomic E-state index is -0.450. The summed E-state index contributed by atoms with van der Waals surface area (Å²) in [4.78, 5) is 11.9. The Balaban J connectivity index is 1.74. The van der Waals surface area contributed by atoms with Crippen LogP contribution in [0.2, 0.25) is 0 Å². The van der Waals surface area contributed by atoms with Crippen LogP contribution >= 0.6 is 11.3 Å². The van der Waals surface area contributed by atoms with Crippen molar-refractivity contribution in [3.8, 4) is 0 Å². The molecular weight excluding hydrogens is 274 g/mol. The number of primary amides is 1. The zero-order valence-electron chi connectivity index (χ0n) is 11.0. The molecule has 1 aliphatic rings. The van der Waals surface area contributed by atoms with Gasteiger partial charge in [-0.05, 0) is 24.8 Å². The third-order valence-electron chi connectivity index (χ3n) is 3.38. The van der Waals surface area contributed by atoms with Crippen LogP contribution in [0.15, 0.2) is 18.5 Å². The largest absolute Gasteiger partial charge is 0.397 e. The molecular formula is C13H17N5OS. The first-order chi connectivity index (χ1) is 9.66. The predicted octanol–water partition coefficient (Wildman–Crippen LogP) is 1.62. The molecule has 106 valence electrons. The molecule has 0 radical (unpaired) electrons. The van der Waals surface area contributed by atoms with Crippen LogP contribution in [-0.2, 0) is 6.54 Å². The number of nitrogens with two attached hydrogens (primary N) is 2. The summed E-state index contributed by atoms with van der Waals surface area (Å²) in [6.07, 6.45) is 5.94. The smallest absolute Gasteiger partial charge is 0.260 e. The van der Waals surface area contributed by atoms with Gasteiger partial charge in [0.1, 0.15) is 4.88 Å². The summed E-state index contributed by atoms with van der Waals surface area (Å²) in [5, 5.41) is 8.49. The van der Waals surface area contributed by atoms with E-state index < -0.39 is 5.91 Å². The highest BCUT2D eigenvalue weighted by atomic mass is 32.1. The maximum atomic E-state index is 11.4. The van der Waals surface area contributed by atoms with E-state index in [-0.39, 0.29) is 0 Å². The van der Waals surface area contributed by atoms with Crippen LogP contribution in [0.3, 0.4) is 0 Å². The number of amides is 1. The van der Waals surface area contributed by atoms with Crippen LogP contribution in [-0.4, -0.2) is 22.2 Å². The van der Waals surface area contributed by atoms with Crippen molar-refractivity contribution in [2.45, 2.75) is 25.3 Å². The summed E-state index contributed by atoms with van der Waals surface area (Å²) >= 11 is 1.36. The Morgan fingerprint density at radius 2 is 2.35 bits per heavy atom. The maximum Gasteiger partial charge on any atom is 0.260 e. The lowest BCUT2D eigenvalue weighted by atomic mass is 10.1. The molecule has 0 bridgehead atoms. The molecule has 7 heteroatoms. The van der Waals surface area contributed by atoms with Gasteiger partial charge < -0.3 is 16.8 Å². The van der Waals surface area contributed by atoms with Gasteiger partial charge in [0.2, 0.25) is 0 Å². The molecule has 0 aliphatic heterocycles. The molecule has 2 aromatic rings. The fourth-order valence-electron chi connectivity index (χ4n) is 2.26. The van der Waals surface area contributed by atoms with E-state index in [1.165, 1.54) is 11.3 Å². The third-order valence-corrected chi connectivity index (χ3v) is 4.57. The fourth-order valence-corrected chi connectivity index (χ4v) is 3.35. The van der Waals surface area contributed by atoms with Gasteiger partial charge in [0.15, 0.2) is 0 Å². The van der Waals surface area contributed by atoms with Crippen molar-refractivity contribution in [3.63, 3.8) is 0 Å². The molecule has 6 nitrogen and oxygen atoms in total. The van der Waals surface area contributed by atoms with Crippen LogP contribution in [0.4, 0.5) is 10.7 Å². The van der Waals surface area contributed by atoms with Crippen molar-refractivity contribution in [3.05, 3.63) is 28.9 Å². The molecule has 2 aromatic heterocycles. The zero-order valence-corrected chi connectivity index (χ0v) is 11.8. The normalized spacial score (nSPS) is 14.4. The summed E-state index contributed by atoms with van der Waals surface area (Å²) in [6, 6.07) is 1.89. The van der Waals surface area contributed by atoms with Gasteiger partial charge in [-0.2, -0.15) is 5.10 Å². The first-order valence-corrected chi connectivity index (χ1v) is 7.41. The number of nitrogen functional groups attached to an aromatic ring is 1. The maximum absolute atomic E-state index is 11.4. The highest BCUT2D eigenvalue weighted by molar-refractivity contribution is 7.18. The quantitative estimate of drug-likeness (QED) is 0.753. The van der Waals surface area contributed by atoms with Gasteiger partial charge in [-0.1, -0.05) is 0 Å². The topological polar surface area (TPSA) is 99.0 Å². The lowest BCUT2D eigenvalue weighted by molar-refractivity contribution is 0.100. The van der Waals surface area contributed by atoms with Crippen LogP contribution in [0.1, 0.15) is 34.0 Å². The first-order valence-electron chi connectivity index (χ1n) is 6.60. The van der Waals surface area contributed by atoms with E-state index in [1.54, 1.807) is 6.20 Å². The Bertz CT molecular complexity index is 615. The van der Waals surface area contributed by atoms with Crippen molar-refractivity contribution in [2.75, 3.05) is 17.6 Å². The standard InChI is InChI=1S/C13H17N5OS/c14-10-9(8-2-3-8)13(20-11(10)12(15)19)16-5-7-18-6-1-4-17-18/h1,4,6,8,16H,2-3,5,7,14H2,(H2,15,19). The Morgan fingerprint density at radius 3 is 2.95 bits per heavy atom. The first kappa shape index (κ1) is 13.0. The summed E-state index contributed by atoms with van der Waals surface area (Å²) in [6.45, 7) is 1.50. The number of thiophene rings is 1. The molecule has 0 atom stereocenters. The number of aromatic nitrogens is 2. The molecule has 0 saturated heterocycles. The Kier molecular flexibility index (Phi) is 3.35. The molecule has 1 aliphatic carbocycles. The summed E-state index contributed by atoms with van der Waals surface area (Å²) in [5.74, 6) is 0.0288. The van der Waals surface area contributed by atoms with Gasteiger partial charge >= 0.3 is 0 Å². The average molecular weight is 291 g/mol. The fraction of sp³-hybridized carbons (Fsp3) is 0.385. The Morgan fingerprint density at radius 1 is 1.55 bits per heavy atom. The highest BCUT2D eigenvalue weighted by Crippen LogP contribution is 2.50. The summed E-state index contributed by atoms with van der Waals surface area (Å²) in [7, 11) is 0. The molecule has 0 unspecified atom stereocenters. The zero-order chi connectivity index (χ0) is 14.1. The molecule has 1 saturated carbocycles. The van der Waals surface area contributed by atoms with E-state index in [9.17, 15) is 4.79 Å². The molecule has 1 fully saturated rings. The number of rotatable bonds is 6. The van der Waals surface area contributed by atoms with Gasteiger partial charge in [0.05, 0.1) is 17.2 Å². The number of nitrogens with zero attached hydrogens (tertiary/aromatic N) is 2. The van der Waals surface area contributed by atoms with Crippen molar-refractivity contribution < 1.29 is 4.79 Å². The van der Waals surface area contributed by atoms with Gasteiger partial charge in [0, 0.05) is 24.5 Å². The van der Waals surface area contributed by atoms with Crippen molar-refractivity contribution in [1.29, 1.82) is 0 Å². The average Bonchev–Trinajstić information content (AvgIpc) is 2.98. The van der Waals surface area contributed by atoms with E-state index in [2.05, 4.69) is 10.4 Å². The Hall–Kier alpha value is -2.02. The number of anilines is 2. The van der Waals surface area contributed by atoms with Crippen molar-refractivity contribution in [2.24, 2.45) is 5.73 Å².